The molecule has 1 amide bonds. The first-order valence-electron chi connectivity index (χ1n) is 4.79. The Hall–Kier alpha value is 0.830. The summed E-state index contributed by atoms with van der Waals surface area (Å²) in [4.78, 5) is 22.9. The van der Waals surface area contributed by atoms with Crippen molar-refractivity contribution < 1.29 is 19.1 Å². The first-order chi connectivity index (χ1) is 8.94. The van der Waals surface area contributed by atoms with Gasteiger partial charge in [0.25, 0.3) is 0 Å². The van der Waals surface area contributed by atoms with Crippen molar-refractivity contribution in [1.82, 2.24) is 5.32 Å². The summed E-state index contributed by atoms with van der Waals surface area (Å²) in [5, 5.41) is 2.16. The number of halogens is 6. The van der Waals surface area contributed by atoms with Crippen molar-refractivity contribution in [2.45, 2.75) is 13.6 Å². The molecule has 0 heterocycles. The zero-order valence-electron chi connectivity index (χ0n) is 9.55. The number of esters is 1. The first-order valence-corrected chi connectivity index (χ1v) is 7.69. The molecular weight excluding hydrogens is 419 g/mol. The molecule has 0 aromatic carbocycles. The molecule has 0 radical (unpaired) electrons. The van der Waals surface area contributed by atoms with E-state index < -0.39 is 38.9 Å². The molecule has 0 aromatic heterocycles. The molecule has 0 spiro atoms. The first kappa shape index (κ1) is 20.8. The van der Waals surface area contributed by atoms with E-state index in [1.807, 2.05) is 0 Å². The van der Waals surface area contributed by atoms with E-state index in [1.165, 1.54) is 0 Å². The van der Waals surface area contributed by atoms with Gasteiger partial charge >= 0.3 is 12.1 Å². The van der Waals surface area contributed by atoms with E-state index in [1.54, 1.807) is 0 Å². The van der Waals surface area contributed by atoms with Crippen molar-refractivity contribution in [2.75, 3.05) is 19.0 Å². The summed E-state index contributed by atoms with van der Waals surface area (Å²) in [6, 6.07) is -1.10. The second kappa shape index (κ2) is 9.08. The zero-order chi connectivity index (χ0) is 16.0. The summed E-state index contributed by atoms with van der Waals surface area (Å²) in [7, 11) is 0. The van der Waals surface area contributed by atoms with Crippen LogP contribution in [0.25, 0.3) is 0 Å². The Morgan fingerprint density at radius 3 is 1.85 bits per heavy atom. The molecule has 1 atom stereocenters. The molecule has 0 saturated carbocycles. The molecule has 0 unspecified atom stereocenters. The Labute approximate surface area is 150 Å². The second-order valence-electron chi connectivity index (χ2n) is 3.29. The van der Waals surface area contributed by atoms with E-state index in [-0.39, 0.29) is 5.75 Å². The van der Waals surface area contributed by atoms with Gasteiger partial charge < -0.3 is 14.8 Å². The highest BCUT2D eigenvalue weighted by Gasteiger charge is 2.28. The van der Waals surface area contributed by atoms with Crippen molar-refractivity contribution in [1.29, 1.82) is 0 Å². The molecule has 0 aliphatic rings. The number of alkyl carbamates (subject to hydrolysis) is 1. The Morgan fingerprint density at radius 1 is 1.00 bits per heavy atom. The molecule has 20 heavy (non-hydrogen) atoms. The Bertz CT molecular complexity index is 345. The Morgan fingerprint density at radius 2 is 1.45 bits per heavy atom. The number of amides is 1. The highest BCUT2D eigenvalue weighted by Crippen LogP contribution is 2.26. The minimum atomic E-state index is -1.76. The van der Waals surface area contributed by atoms with Gasteiger partial charge in [0.15, 0.2) is 0 Å². The molecule has 0 bridgehead atoms. The number of ether oxygens (including phenoxy) is 2. The minimum Gasteiger partial charge on any atom is -0.460 e. The van der Waals surface area contributed by atoms with Crippen LogP contribution < -0.4 is 5.32 Å². The Balaban J connectivity index is 4.26. The van der Waals surface area contributed by atoms with Crippen LogP contribution in [0.3, 0.4) is 0 Å². The third-order valence-electron chi connectivity index (χ3n) is 1.50. The topological polar surface area (TPSA) is 64.6 Å². The predicted octanol–water partition coefficient (Wildman–Crippen LogP) is 3.29. The van der Waals surface area contributed by atoms with Crippen LogP contribution in [0.2, 0.25) is 0 Å². The fourth-order valence-corrected chi connectivity index (χ4v) is 1.33. The average molecular weight is 428 g/mol. The van der Waals surface area contributed by atoms with E-state index in [0.29, 0.717) is 0 Å². The molecule has 12 heteroatoms. The standard InChI is InChI=1S/C8H9Cl6NO4S/c9-7(10,11)2-18-5(16)4(1-20)15-6(17)19-3-8(12,13)14/h4,20H,1-3H2,(H,15,17)/t4-/m1/s1. The van der Waals surface area contributed by atoms with Crippen LogP contribution in [-0.4, -0.2) is 44.7 Å². The van der Waals surface area contributed by atoms with Crippen LogP contribution in [0.5, 0.6) is 0 Å². The molecule has 1 N–H and O–H groups in total. The smallest absolute Gasteiger partial charge is 0.408 e. The summed E-state index contributed by atoms with van der Waals surface area (Å²) in [6.07, 6.45) is -0.985. The minimum absolute atomic E-state index is 0.0679. The molecule has 5 nitrogen and oxygen atoms in total. The van der Waals surface area contributed by atoms with Crippen LogP contribution in [0, 0.1) is 0 Å². The number of thiol groups is 1. The number of hydrogen-bond donors (Lipinski definition) is 2. The summed E-state index contributed by atoms with van der Waals surface area (Å²) in [5.74, 6) is -0.918. The lowest BCUT2D eigenvalue weighted by Gasteiger charge is -2.18. The molecule has 118 valence electrons. The third-order valence-corrected chi connectivity index (χ3v) is 2.52. The van der Waals surface area contributed by atoms with Gasteiger partial charge in [-0.15, -0.1) is 0 Å². The molecule has 0 rings (SSSR count). The molecule has 0 fully saturated rings. The van der Waals surface area contributed by atoms with Crippen LogP contribution in [0.15, 0.2) is 0 Å². The maximum atomic E-state index is 11.6. The number of hydrogen-bond acceptors (Lipinski definition) is 5. The maximum Gasteiger partial charge on any atom is 0.408 e. The molecule has 0 aromatic rings. The van der Waals surface area contributed by atoms with Crippen molar-refractivity contribution in [3.05, 3.63) is 0 Å². The largest absolute Gasteiger partial charge is 0.460 e. The predicted molar refractivity (Wildman–Crippen MR) is 83.7 cm³/mol. The van der Waals surface area contributed by atoms with Crippen LogP contribution in [-0.2, 0) is 14.3 Å². The normalized spacial score (nSPS) is 13.6. The van der Waals surface area contributed by atoms with Gasteiger partial charge in [0, 0.05) is 5.75 Å². The fourth-order valence-electron chi connectivity index (χ4n) is 0.764. The number of rotatable bonds is 5. The summed E-state index contributed by atoms with van der Waals surface area (Å²) in [6.45, 7) is -0.975. The third kappa shape index (κ3) is 11.5. The van der Waals surface area contributed by atoms with Gasteiger partial charge in [0.05, 0.1) is 0 Å². The molecular formula is C8H9Cl6NO4S. The zero-order valence-corrected chi connectivity index (χ0v) is 15.0. The van der Waals surface area contributed by atoms with Crippen molar-refractivity contribution in [2.24, 2.45) is 0 Å². The molecule has 0 saturated heterocycles. The van der Waals surface area contributed by atoms with Gasteiger partial charge in [-0.25, -0.2) is 9.59 Å². The number of carbonyl (C=O) groups is 2. The number of carbonyl (C=O) groups excluding carboxylic acids is 2. The highest BCUT2D eigenvalue weighted by molar-refractivity contribution is 7.80. The van der Waals surface area contributed by atoms with E-state index in [2.05, 4.69) is 27.4 Å². The van der Waals surface area contributed by atoms with Crippen LogP contribution >= 0.6 is 82.2 Å². The second-order valence-corrected chi connectivity index (χ2v) is 8.69. The summed E-state index contributed by atoms with van der Waals surface area (Å²) in [5.41, 5.74) is 0. The lowest BCUT2D eigenvalue weighted by Crippen LogP contribution is -2.44. The quantitative estimate of drug-likeness (QED) is 0.401. The lowest BCUT2D eigenvalue weighted by molar-refractivity contribution is -0.145. The number of nitrogens with one attached hydrogen (secondary N) is 1. The summed E-state index contributed by atoms with van der Waals surface area (Å²) >= 11 is 36.3. The van der Waals surface area contributed by atoms with E-state index in [0.717, 1.165) is 0 Å². The van der Waals surface area contributed by atoms with Gasteiger partial charge in [-0.2, -0.15) is 12.6 Å². The van der Waals surface area contributed by atoms with Crippen LogP contribution in [0.4, 0.5) is 4.79 Å². The lowest BCUT2D eigenvalue weighted by atomic mass is 10.3. The van der Waals surface area contributed by atoms with Crippen molar-refractivity contribution in [3.8, 4) is 0 Å². The Kier molecular flexibility index (Phi) is 9.45. The molecule has 0 aliphatic carbocycles. The maximum absolute atomic E-state index is 11.6. The van der Waals surface area contributed by atoms with Crippen LogP contribution in [0.1, 0.15) is 0 Å². The number of alkyl halides is 6. The summed E-state index contributed by atoms with van der Waals surface area (Å²) < 4.78 is 5.72. The van der Waals surface area contributed by atoms with Gasteiger partial charge in [-0.05, 0) is 0 Å². The van der Waals surface area contributed by atoms with Gasteiger partial charge in [-0.1, -0.05) is 69.6 Å². The van der Waals surface area contributed by atoms with Gasteiger partial charge in [-0.3, -0.25) is 0 Å². The van der Waals surface area contributed by atoms with Crippen molar-refractivity contribution >= 4 is 94.3 Å². The van der Waals surface area contributed by atoms with Crippen molar-refractivity contribution in [3.63, 3.8) is 0 Å². The van der Waals surface area contributed by atoms with E-state index in [9.17, 15) is 9.59 Å². The average Bonchev–Trinajstić information content (AvgIpc) is 2.28. The monoisotopic (exact) mass is 425 g/mol. The SMILES string of the molecule is O=C(N[C@H](CS)C(=O)OCC(Cl)(Cl)Cl)OCC(Cl)(Cl)Cl. The van der Waals surface area contributed by atoms with Gasteiger partial charge in [0.1, 0.15) is 19.3 Å². The highest BCUT2D eigenvalue weighted by atomic mass is 35.6. The van der Waals surface area contributed by atoms with E-state index in [4.69, 9.17) is 69.6 Å². The van der Waals surface area contributed by atoms with Gasteiger partial charge in [0.2, 0.25) is 7.59 Å². The molecule has 0 aliphatic heterocycles. The van der Waals surface area contributed by atoms with E-state index >= 15 is 0 Å². The fraction of sp³-hybridized carbons (Fsp3) is 0.750.